The van der Waals surface area contributed by atoms with Crippen molar-refractivity contribution in [3.05, 3.63) is 18.7 Å². The molecule has 0 aliphatic heterocycles. The lowest BCUT2D eigenvalue weighted by atomic mass is 10.5. The number of halogens is 5. The van der Waals surface area contributed by atoms with E-state index in [9.17, 15) is 17.6 Å². The van der Waals surface area contributed by atoms with E-state index >= 15 is 0 Å². The maximum atomic E-state index is 12.7. The number of aryl methyl sites for hydroxylation is 1. The average molecular weight is 338 g/mol. The topological polar surface area (TPSA) is 8.81 Å². The number of hydrogen-bond acceptors (Lipinski definition) is 0. The van der Waals surface area contributed by atoms with Crippen molar-refractivity contribution >= 4 is 0 Å². The lowest BCUT2D eigenvalue weighted by Gasteiger charge is -2.09. The zero-order valence-corrected chi connectivity index (χ0v) is 10.2. The van der Waals surface area contributed by atoms with Gasteiger partial charge in [0.05, 0.1) is 6.54 Å². The Labute approximate surface area is 102 Å². The molecule has 1 aromatic heterocycles. The van der Waals surface area contributed by atoms with Crippen LogP contribution in [0.15, 0.2) is 18.7 Å². The Bertz CT molecular complexity index is 301. The van der Waals surface area contributed by atoms with Crippen molar-refractivity contribution in [1.29, 1.82) is 0 Å². The van der Waals surface area contributed by atoms with Crippen LogP contribution in [0, 0.1) is 0 Å². The van der Waals surface area contributed by atoms with Gasteiger partial charge in [-0.05, 0) is 6.42 Å². The second-order valence-corrected chi connectivity index (χ2v) is 2.95. The number of alkyl halides is 4. The van der Waals surface area contributed by atoms with Crippen molar-refractivity contribution in [2.75, 3.05) is 0 Å². The van der Waals surface area contributed by atoms with Gasteiger partial charge in [-0.2, -0.15) is 22.1 Å². The van der Waals surface area contributed by atoms with Gasteiger partial charge in [0.25, 0.3) is 0 Å². The highest BCUT2D eigenvalue weighted by Gasteiger charge is 2.48. The van der Waals surface area contributed by atoms with Crippen LogP contribution in [0.2, 0.25) is 0 Å². The zero-order chi connectivity index (χ0) is 10.8. The number of hydrogen-bond donors (Lipinski definition) is 0. The van der Waals surface area contributed by atoms with Crippen LogP contribution in [0.1, 0.15) is 13.3 Å². The Hall–Kier alpha value is -0.340. The Morgan fingerprint density at radius 3 is 2.47 bits per heavy atom. The van der Waals surface area contributed by atoms with Gasteiger partial charge in [-0.3, -0.25) is 0 Å². The Balaban J connectivity index is 0.00000196. The fourth-order valence-corrected chi connectivity index (χ4v) is 1.07. The van der Waals surface area contributed by atoms with Crippen LogP contribution >= 0.6 is 0 Å². The van der Waals surface area contributed by atoms with E-state index in [1.807, 2.05) is 6.92 Å². The van der Waals surface area contributed by atoms with E-state index in [-0.39, 0.29) is 28.5 Å². The summed E-state index contributed by atoms with van der Waals surface area (Å²) in [5.41, 5.74) is 0. The summed E-state index contributed by atoms with van der Waals surface area (Å²) >= 11 is 0. The van der Waals surface area contributed by atoms with Crippen LogP contribution in [-0.4, -0.2) is 11.0 Å². The predicted molar refractivity (Wildman–Crippen MR) is 41.1 cm³/mol. The summed E-state index contributed by atoms with van der Waals surface area (Å²) in [5, 5.41) is 0. The predicted octanol–water partition coefficient (Wildman–Crippen LogP) is -0.996. The number of rotatable bonds is 4. The summed E-state index contributed by atoms with van der Waals surface area (Å²) in [7, 11) is 0. The van der Waals surface area contributed by atoms with Gasteiger partial charge in [0.1, 0.15) is 12.4 Å². The Kier molecular flexibility index (Phi) is 5.54. The highest BCUT2D eigenvalue weighted by Crippen LogP contribution is 2.27. The minimum Gasteiger partial charge on any atom is -1.00 e. The Morgan fingerprint density at radius 1 is 1.40 bits per heavy atom. The van der Waals surface area contributed by atoms with Gasteiger partial charge in [-0.15, -0.1) is 0 Å². The van der Waals surface area contributed by atoms with Crippen LogP contribution in [0.5, 0.6) is 0 Å². The SMILES string of the molecule is CCC[n+]1ccn(C(F)(F)C(F)F)c1.[I-]. The van der Waals surface area contributed by atoms with Gasteiger partial charge in [0.2, 0.25) is 6.33 Å². The molecule has 1 heterocycles. The van der Waals surface area contributed by atoms with E-state index in [2.05, 4.69) is 0 Å². The third-order valence-corrected chi connectivity index (χ3v) is 1.78. The van der Waals surface area contributed by atoms with Crippen LogP contribution in [0.4, 0.5) is 17.6 Å². The zero-order valence-electron chi connectivity index (χ0n) is 8.01. The first-order chi connectivity index (χ1) is 6.48. The van der Waals surface area contributed by atoms with Crippen LogP contribution < -0.4 is 28.5 Å². The maximum absolute atomic E-state index is 12.7. The molecule has 0 atom stereocenters. The maximum Gasteiger partial charge on any atom is 0.459 e. The van der Waals surface area contributed by atoms with E-state index in [0.717, 1.165) is 18.9 Å². The molecule has 1 rings (SSSR count). The van der Waals surface area contributed by atoms with E-state index in [4.69, 9.17) is 0 Å². The molecule has 2 nitrogen and oxygen atoms in total. The summed E-state index contributed by atoms with van der Waals surface area (Å²) in [6, 6.07) is -4.13. The lowest BCUT2D eigenvalue weighted by Crippen LogP contribution is -3.00. The molecule has 0 spiro atoms. The molecule has 88 valence electrons. The second kappa shape index (κ2) is 5.66. The van der Waals surface area contributed by atoms with Gasteiger partial charge in [0, 0.05) is 0 Å². The van der Waals surface area contributed by atoms with Crippen LogP contribution in [0.3, 0.4) is 0 Å². The molecular weight excluding hydrogens is 327 g/mol. The molecule has 7 heteroatoms. The van der Waals surface area contributed by atoms with Crippen LogP contribution in [-0.2, 0) is 12.6 Å². The fourth-order valence-electron chi connectivity index (χ4n) is 1.07. The molecule has 1 aromatic rings. The minimum absolute atomic E-state index is 0. The Morgan fingerprint density at radius 2 is 2.00 bits per heavy atom. The fraction of sp³-hybridized carbons (Fsp3) is 0.625. The van der Waals surface area contributed by atoms with E-state index < -0.39 is 12.5 Å². The third kappa shape index (κ3) is 3.32. The molecule has 15 heavy (non-hydrogen) atoms. The first kappa shape index (κ1) is 14.7. The first-order valence-electron chi connectivity index (χ1n) is 4.22. The largest absolute Gasteiger partial charge is 1.00 e. The molecule has 0 saturated heterocycles. The third-order valence-electron chi connectivity index (χ3n) is 1.78. The van der Waals surface area contributed by atoms with E-state index in [1.54, 1.807) is 0 Å². The van der Waals surface area contributed by atoms with E-state index in [0.29, 0.717) is 6.54 Å². The first-order valence-corrected chi connectivity index (χ1v) is 4.22. The van der Waals surface area contributed by atoms with Crippen molar-refractivity contribution < 1.29 is 46.1 Å². The quantitative estimate of drug-likeness (QED) is 0.379. The molecule has 0 saturated carbocycles. The summed E-state index contributed by atoms with van der Waals surface area (Å²) in [6.45, 7) is 2.40. The van der Waals surface area contributed by atoms with Crippen LogP contribution in [0.25, 0.3) is 0 Å². The second-order valence-electron chi connectivity index (χ2n) is 2.95. The molecule has 0 aromatic carbocycles. The summed E-state index contributed by atoms with van der Waals surface area (Å²) in [4.78, 5) is 0. The van der Waals surface area contributed by atoms with E-state index in [1.165, 1.54) is 10.8 Å². The molecule has 0 unspecified atom stereocenters. The standard InChI is InChI=1S/C8H11F4N2.HI/c1-2-3-13-4-5-14(6-13)8(11,12)7(9)10;/h4-7H,2-3H2,1H3;1H/q+1;/p-1. The molecule has 0 N–H and O–H groups in total. The molecule has 0 amide bonds. The number of imidazole rings is 1. The van der Waals surface area contributed by atoms with Crippen molar-refractivity contribution in [2.24, 2.45) is 0 Å². The summed E-state index contributed by atoms with van der Waals surface area (Å²) in [6.07, 6.45) is 0.344. The molecule has 0 aliphatic rings. The smallest absolute Gasteiger partial charge is 0.459 e. The van der Waals surface area contributed by atoms with Crippen molar-refractivity contribution in [3.8, 4) is 0 Å². The van der Waals surface area contributed by atoms with Gasteiger partial charge in [-0.1, -0.05) is 6.92 Å². The monoisotopic (exact) mass is 338 g/mol. The minimum atomic E-state index is -4.13. The molecule has 0 bridgehead atoms. The van der Waals surface area contributed by atoms with Crippen molar-refractivity contribution in [3.63, 3.8) is 0 Å². The van der Waals surface area contributed by atoms with Crippen molar-refractivity contribution in [2.45, 2.75) is 32.4 Å². The van der Waals surface area contributed by atoms with Gasteiger partial charge >= 0.3 is 12.5 Å². The van der Waals surface area contributed by atoms with Crippen molar-refractivity contribution in [1.82, 2.24) is 4.57 Å². The highest BCUT2D eigenvalue weighted by atomic mass is 127. The van der Waals surface area contributed by atoms with Gasteiger partial charge in [0.15, 0.2) is 0 Å². The lowest BCUT2D eigenvalue weighted by molar-refractivity contribution is -0.697. The summed E-state index contributed by atoms with van der Waals surface area (Å²) < 4.78 is 51.0. The molecule has 0 radical (unpaired) electrons. The normalized spacial score (nSPS) is 11.6. The number of nitrogens with zero attached hydrogens (tertiary/aromatic N) is 2. The molecular formula is C8H11F4IN2. The van der Waals surface area contributed by atoms with Gasteiger partial charge < -0.3 is 24.0 Å². The van der Waals surface area contributed by atoms with Gasteiger partial charge in [-0.25, -0.2) is 4.57 Å². The highest BCUT2D eigenvalue weighted by molar-refractivity contribution is 4.75. The molecule has 0 fully saturated rings. The molecule has 0 aliphatic carbocycles. The summed E-state index contributed by atoms with van der Waals surface area (Å²) in [5.74, 6) is 0. The number of aromatic nitrogens is 2. The average Bonchev–Trinajstić information content (AvgIpc) is 2.53.